The van der Waals surface area contributed by atoms with Gasteiger partial charge >= 0.3 is 6.09 Å². The van der Waals surface area contributed by atoms with Crippen molar-refractivity contribution in [3.05, 3.63) is 35.9 Å². The van der Waals surface area contributed by atoms with Crippen molar-refractivity contribution in [2.24, 2.45) is 5.92 Å². The maximum atomic E-state index is 13.0. The highest BCUT2D eigenvalue weighted by atomic mass is 16.6. The molecule has 1 rings (SSSR count). The summed E-state index contributed by atoms with van der Waals surface area (Å²) in [6.07, 6.45) is -1.64. The number of unbranched alkanes of at least 4 members (excludes halogenated alkanes) is 2. The molecule has 0 fully saturated rings. The number of aliphatic hydroxyl groups is 2. The molecule has 0 unspecified atom stereocenters. The van der Waals surface area contributed by atoms with Crippen molar-refractivity contribution in [2.45, 2.75) is 84.2 Å². The second-order valence-corrected chi connectivity index (χ2v) is 8.74. The molecule has 0 heterocycles. The Labute approximate surface area is 202 Å². The van der Waals surface area contributed by atoms with Gasteiger partial charge in [0.15, 0.2) is 12.2 Å². The van der Waals surface area contributed by atoms with E-state index in [0.717, 1.165) is 31.2 Å². The molecule has 1 aromatic carbocycles. The van der Waals surface area contributed by atoms with Gasteiger partial charge in [-0.25, -0.2) is 4.79 Å². The van der Waals surface area contributed by atoms with Crippen LogP contribution < -0.4 is 16.0 Å². The predicted molar refractivity (Wildman–Crippen MR) is 130 cm³/mol. The highest BCUT2D eigenvalue weighted by molar-refractivity contribution is 5.84. The summed E-state index contributed by atoms with van der Waals surface area (Å²) < 4.78 is 5.34. The molecule has 0 aliphatic heterocycles. The first kappa shape index (κ1) is 29.4. The lowest BCUT2D eigenvalue weighted by Gasteiger charge is -2.30. The highest BCUT2D eigenvalue weighted by Crippen LogP contribution is 2.13. The van der Waals surface area contributed by atoms with Crippen LogP contribution >= 0.6 is 0 Å². The molecule has 0 radical (unpaired) electrons. The Morgan fingerprint density at radius 2 is 1.50 bits per heavy atom. The van der Waals surface area contributed by atoms with Crippen LogP contribution in [0.5, 0.6) is 0 Å². The average Bonchev–Trinajstić information content (AvgIpc) is 2.81. The standard InChI is InChI=1S/C25H41N3O6/c1-5-7-14-26-23(31)21(30)20(29)19(16-18-12-10-9-11-13-18)28-24(32)22(17(3)4)34-25(33)27-15-8-6-2/h9-13,17,19-22,29-30H,5-8,14-16H2,1-4H3,(H,26,31)(H,27,33)(H,28,32)/t19-,20-,21+,22-/m0/s1. The lowest BCUT2D eigenvalue weighted by atomic mass is 9.96. The van der Waals surface area contributed by atoms with Crippen LogP contribution in [-0.4, -0.2) is 65.6 Å². The van der Waals surface area contributed by atoms with E-state index in [1.54, 1.807) is 13.8 Å². The number of alkyl carbamates (subject to hydrolysis) is 1. The van der Waals surface area contributed by atoms with Crippen LogP contribution in [0.2, 0.25) is 0 Å². The van der Waals surface area contributed by atoms with Crippen molar-refractivity contribution >= 4 is 17.9 Å². The van der Waals surface area contributed by atoms with Crippen molar-refractivity contribution in [1.82, 2.24) is 16.0 Å². The van der Waals surface area contributed by atoms with Gasteiger partial charge in [-0.15, -0.1) is 0 Å². The summed E-state index contributed by atoms with van der Waals surface area (Å²) in [5.74, 6) is -1.66. The molecule has 4 atom stereocenters. The average molecular weight is 480 g/mol. The van der Waals surface area contributed by atoms with Gasteiger partial charge in [0, 0.05) is 13.1 Å². The molecule has 192 valence electrons. The van der Waals surface area contributed by atoms with Gasteiger partial charge in [0.1, 0.15) is 6.10 Å². The van der Waals surface area contributed by atoms with Crippen LogP contribution in [0, 0.1) is 5.92 Å². The van der Waals surface area contributed by atoms with Crippen LogP contribution in [0.15, 0.2) is 30.3 Å². The van der Waals surface area contributed by atoms with E-state index in [9.17, 15) is 24.6 Å². The summed E-state index contributed by atoms with van der Waals surface area (Å²) in [5, 5.41) is 29.2. The molecule has 0 saturated heterocycles. The maximum Gasteiger partial charge on any atom is 0.407 e. The number of hydrogen-bond acceptors (Lipinski definition) is 6. The first-order valence-electron chi connectivity index (χ1n) is 12.1. The lowest BCUT2D eigenvalue weighted by molar-refractivity contribution is -0.140. The monoisotopic (exact) mass is 479 g/mol. The molecule has 0 saturated carbocycles. The Hall–Kier alpha value is -2.65. The van der Waals surface area contributed by atoms with Crippen molar-refractivity contribution in [2.75, 3.05) is 13.1 Å². The van der Waals surface area contributed by atoms with Gasteiger partial charge in [-0.1, -0.05) is 70.9 Å². The van der Waals surface area contributed by atoms with Gasteiger partial charge in [-0.05, 0) is 30.7 Å². The Kier molecular flexibility index (Phi) is 13.9. The van der Waals surface area contributed by atoms with Crippen LogP contribution in [-0.2, 0) is 20.7 Å². The van der Waals surface area contributed by atoms with E-state index in [1.165, 1.54) is 0 Å². The molecule has 9 nitrogen and oxygen atoms in total. The summed E-state index contributed by atoms with van der Waals surface area (Å²) in [6, 6.07) is 8.11. The molecule has 0 aliphatic carbocycles. The molecule has 1 aromatic rings. The minimum absolute atomic E-state index is 0.167. The summed E-state index contributed by atoms with van der Waals surface area (Å²) >= 11 is 0. The zero-order chi connectivity index (χ0) is 25.5. The first-order chi connectivity index (χ1) is 16.2. The number of benzene rings is 1. The predicted octanol–water partition coefficient (Wildman–Crippen LogP) is 1.90. The summed E-state index contributed by atoms with van der Waals surface area (Å²) in [7, 11) is 0. The fourth-order valence-corrected chi connectivity index (χ4v) is 3.27. The topological polar surface area (TPSA) is 137 Å². The molecule has 0 spiro atoms. The van der Waals surface area contributed by atoms with Crippen molar-refractivity contribution in [3.8, 4) is 0 Å². The number of aliphatic hydroxyl groups excluding tert-OH is 2. The van der Waals surface area contributed by atoms with Crippen LogP contribution in [0.1, 0.15) is 58.9 Å². The maximum absolute atomic E-state index is 13.0. The number of amides is 3. The van der Waals surface area contributed by atoms with Gasteiger partial charge in [0.05, 0.1) is 6.04 Å². The number of carbonyl (C=O) groups excluding carboxylic acids is 3. The first-order valence-corrected chi connectivity index (χ1v) is 12.1. The molecule has 0 bridgehead atoms. The molecule has 3 amide bonds. The van der Waals surface area contributed by atoms with Crippen LogP contribution in [0.25, 0.3) is 0 Å². The SMILES string of the molecule is CCCCNC(=O)O[C@H](C(=O)N[C@@H](Cc1ccccc1)[C@H](O)[C@@H](O)C(=O)NCCCC)C(C)C. The number of hydrogen-bond donors (Lipinski definition) is 5. The van der Waals surface area contributed by atoms with Gasteiger partial charge in [0.2, 0.25) is 0 Å². The molecule has 5 N–H and O–H groups in total. The third kappa shape index (κ3) is 10.5. The fourth-order valence-electron chi connectivity index (χ4n) is 3.27. The Balaban J connectivity index is 2.96. The number of nitrogens with one attached hydrogen (secondary N) is 3. The van der Waals surface area contributed by atoms with Gasteiger partial charge < -0.3 is 30.9 Å². The number of carbonyl (C=O) groups is 3. The summed E-state index contributed by atoms with van der Waals surface area (Å²) in [4.78, 5) is 37.5. The van der Waals surface area contributed by atoms with Crippen molar-refractivity contribution in [3.63, 3.8) is 0 Å². The van der Waals surface area contributed by atoms with Crippen LogP contribution in [0.4, 0.5) is 4.79 Å². The minimum Gasteiger partial charge on any atom is -0.436 e. The molecule has 34 heavy (non-hydrogen) atoms. The quantitative estimate of drug-likeness (QED) is 0.244. The normalized spacial score (nSPS) is 14.6. The van der Waals surface area contributed by atoms with E-state index in [1.807, 2.05) is 44.2 Å². The fraction of sp³-hybridized carbons (Fsp3) is 0.640. The van der Waals surface area contributed by atoms with Crippen molar-refractivity contribution in [1.29, 1.82) is 0 Å². The van der Waals surface area contributed by atoms with Gasteiger partial charge in [-0.3, -0.25) is 9.59 Å². The second kappa shape index (κ2) is 16.1. The van der Waals surface area contributed by atoms with E-state index < -0.39 is 42.3 Å². The summed E-state index contributed by atoms with van der Waals surface area (Å²) in [6.45, 7) is 8.26. The van der Waals surface area contributed by atoms with E-state index in [2.05, 4.69) is 16.0 Å². The minimum atomic E-state index is -1.73. The molecular formula is C25H41N3O6. The smallest absolute Gasteiger partial charge is 0.407 e. The number of ether oxygens (including phenoxy) is 1. The molecule has 0 aliphatic rings. The van der Waals surface area contributed by atoms with E-state index in [4.69, 9.17) is 4.74 Å². The second-order valence-electron chi connectivity index (χ2n) is 8.74. The summed E-state index contributed by atoms with van der Waals surface area (Å²) in [5.41, 5.74) is 0.796. The van der Waals surface area contributed by atoms with E-state index in [0.29, 0.717) is 13.1 Å². The largest absolute Gasteiger partial charge is 0.436 e. The third-order valence-corrected chi connectivity index (χ3v) is 5.36. The molecule has 0 aromatic heterocycles. The van der Waals surface area contributed by atoms with Gasteiger partial charge in [0.25, 0.3) is 11.8 Å². The lowest BCUT2D eigenvalue weighted by Crippen LogP contribution is -2.56. The molecular weight excluding hydrogens is 438 g/mol. The third-order valence-electron chi connectivity index (χ3n) is 5.36. The zero-order valence-corrected chi connectivity index (χ0v) is 20.8. The highest BCUT2D eigenvalue weighted by Gasteiger charge is 2.35. The molecule has 9 heteroatoms. The van der Waals surface area contributed by atoms with Gasteiger partial charge in [-0.2, -0.15) is 0 Å². The number of rotatable bonds is 15. The Bertz CT molecular complexity index is 743. The van der Waals surface area contributed by atoms with Crippen molar-refractivity contribution < 1.29 is 29.3 Å². The van der Waals surface area contributed by atoms with E-state index in [-0.39, 0.29) is 12.3 Å². The zero-order valence-electron chi connectivity index (χ0n) is 20.8. The van der Waals surface area contributed by atoms with Crippen LogP contribution in [0.3, 0.4) is 0 Å². The Morgan fingerprint density at radius 3 is 2.06 bits per heavy atom. The van der Waals surface area contributed by atoms with E-state index >= 15 is 0 Å². The Morgan fingerprint density at radius 1 is 0.912 bits per heavy atom.